The van der Waals surface area contributed by atoms with E-state index in [0.29, 0.717) is 0 Å². The van der Waals surface area contributed by atoms with Gasteiger partial charge in [-0.1, -0.05) is 42.5 Å². The molecule has 3 rings (SSSR count). The van der Waals surface area contributed by atoms with Gasteiger partial charge >= 0.3 is 17.3 Å². The van der Waals surface area contributed by atoms with Gasteiger partial charge in [0.1, 0.15) is 0 Å². The second-order valence-corrected chi connectivity index (χ2v) is 5.50. The summed E-state index contributed by atoms with van der Waals surface area (Å²) < 4.78 is 3.13. The normalized spacial score (nSPS) is 19.5. The van der Waals surface area contributed by atoms with Crippen molar-refractivity contribution in [3.05, 3.63) is 69.0 Å². The van der Waals surface area contributed by atoms with Crippen molar-refractivity contribution in [2.75, 3.05) is 5.88 Å². The highest BCUT2D eigenvalue weighted by Crippen LogP contribution is 2.24. The number of allylic oxidation sites excluding steroid dienone is 1. The van der Waals surface area contributed by atoms with Gasteiger partial charge in [-0.25, -0.2) is 28.3 Å². The predicted octanol–water partition coefficient (Wildman–Crippen LogP) is 0.835. The molecular formula is C15H14ClN3O4. The van der Waals surface area contributed by atoms with Crippen LogP contribution < -0.4 is 11.4 Å². The van der Waals surface area contributed by atoms with E-state index in [2.05, 4.69) is 0 Å². The fourth-order valence-electron chi connectivity index (χ4n) is 2.76. The molecule has 0 spiro atoms. The van der Waals surface area contributed by atoms with Crippen LogP contribution in [-0.2, 0) is 11.3 Å². The number of hydrogen-bond acceptors (Lipinski definition) is 3. The van der Waals surface area contributed by atoms with Gasteiger partial charge in [0.15, 0.2) is 6.04 Å². The molecule has 1 aromatic heterocycles. The second kappa shape index (κ2) is 5.92. The van der Waals surface area contributed by atoms with Crippen molar-refractivity contribution < 1.29 is 9.90 Å². The molecule has 7 nitrogen and oxygen atoms in total. The molecule has 8 heteroatoms. The Kier molecular flexibility index (Phi) is 3.96. The van der Waals surface area contributed by atoms with Crippen LogP contribution in [-0.4, -0.2) is 30.9 Å². The Morgan fingerprint density at radius 1 is 1.09 bits per heavy atom. The molecule has 0 saturated carbocycles. The molecule has 1 aliphatic heterocycles. The van der Waals surface area contributed by atoms with Crippen LogP contribution in [0.1, 0.15) is 17.6 Å². The van der Waals surface area contributed by atoms with E-state index < -0.39 is 29.4 Å². The lowest BCUT2D eigenvalue weighted by atomic mass is 10.0. The van der Waals surface area contributed by atoms with Crippen LogP contribution >= 0.6 is 11.6 Å². The highest BCUT2D eigenvalue weighted by Gasteiger charge is 2.32. The minimum absolute atomic E-state index is 0.0278. The Hall–Kier alpha value is -2.54. The van der Waals surface area contributed by atoms with Crippen molar-refractivity contribution in [1.29, 1.82) is 0 Å². The molecule has 120 valence electrons. The van der Waals surface area contributed by atoms with E-state index in [9.17, 15) is 19.5 Å². The lowest BCUT2D eigenvalue weighted by Gasteiger charge is -2.24. The van der Waals surface area contributed by atoms with Gasteiger partial charge in [0.25, 0.3) is 0 Å². The summed E-state index contributed by atoms with van der Waals surface area (Å²) in [4.78, 5) is 36.5. The lowest BCUT2D eigenvalue weighted by Crippen LogP contribution is -2.38. The van der Waals surface area contributed by atoms with Crippen molar-refractivity contribution in [2.24, 2.45) is 0 Å². The number of aromatic nitrogens is 3. The van der Waals surface area contributed by atoms with Gasteiger partial charge in [-0.3, -0.25) is 0 Å². The zero-order valence-electron chi connectivity index (χ0n) is 12.0. The van der Waals surface area contributed by atoms with Crippen LogP contribution in [0.4, 0.5) is 0 Å². The number of benzene rings is 1. The maximum atomic E-state index is 12.6. The predicted molar refractivity (Wildman–Crippen MR) is 84.1 cm³/mol. The van der Waals surface area contributed by atoms with Crippen molar-refractivity contribution in [3.8, 4) is 0 Å². The standard InChI is InChI=1S/C15H14ClN3O4/c16-8-9-17-14(22)18-11(10-4-2-1-3-5-10)6-7-12(13(20)21)19(18)15(17)23/h1-7,11-12H,8-9H2,(H,20,21)/t11-,12+/m1/s1. The first-order chi connectivity index (χ1) is 11.1. The van der Waals surface area contributed by atoms with E-state index in [-0.39, 0.29) is 12.4 Å². The number of aliphatic carboxylic acids is 1. The molecule has 0 unspecified atom stereocenters. The van der Waals surface area contributed by atoms with Crippen molar-refractivity contribution in [3.63, 3.8) is 0 Å². The highest BCUT2D eigenvalue weighted by molar-refractivity contribution is 6.17. The molecule has 1 N–H and O–H groups in total. The number of alkyl halides is 1. The first-order valence-electron chi connectivity index (χ1n) is 7.02. The molecule has 1 aromatic carbocycles. The molecule has 2 aromatic rings. The zero-order chi connectivity index (χ0) is 16.6. The SMILES string of the molecule is O=C(O)[C@@H]1C=C[C@H](c2ccccc2)n2c(=O)n(CCCl)c(=O)n21. The Balaban J connectivity index is 2.27. The van der Waals surface area contributed by atoms with E-state index in [1.54, 1.807) is 6.08 Å². The lowest BCUT2D eigenvalue weighted by molar-refractivity contribution is -0.140. The number of carboxylic acids is 1. The first-order valence-corrected chi connectivity index (χ1v) is 7.55. The molecule has 2 atom stereocenters. The topological polar surface area (TPSA) is 86.2 Å². The summed E-state index contributed by atoms with van der Waals surface area (Å²) in [5.41, 5.74) is -0.458. The number of hydrogen-bond donors (Lipinski definition) is 1. The Labute approximate surface area is 135 Å². The van der Waals surface area contributed by atoms with Crippen molar-refractivity contribution in [1.82, 2.24) is 13.9 Å². The largest absolute Gasteiger partial charge is 0.479 e. The maximum absolute atomic E-state index is 12.6. The Morgan fingerprint density at radius 2 is 1.74 bits per heavy atom. The third kappa shape index (κ3) is 2.43. The number of carbonyl (C=O) groups is 1. The summed E-state index contributed by atoms with van der Waals surface area (Å²) in [6.45, 7) is 0.0278. The van der Waals surface area contributed by atoms with E-state index in [4.69, 9.17) is 11.6 Å². The molecule has 0 saturated heterocycles. The minimum atomic E-state index is -1.22. The summed E-state index contributed by atoms with van der Waals surface area (Å²) in [7, 11) is 0. The third-order valence-electron chi connectivity index (χ3n) is 3.79. The minimum Gasteiger partial charge on any atom is -0.479 e. The number of rotatable bonds is 4. The van der Waals surface area contributed by atoms with Gasteiger partial charge in [0, 0.05) is 12.4 Å². The fraction of sp³-hybridized carbons (Fsp3) is 0.267. The Bertz CT molecular complexity index is 878. The van der Waals surface area contributed by atoms with E-state index in [1.807, 2.05) is 30.3 Å². The molecule has 0 radical (unpaired) electrons. The van der Waals surface area contributed by atoms with Gasteiger partial charge in [-0.05, 0) is 5.56 Å². The van der Waals surface area contributed by atoms with Gasteiger partial charge in [0.2, 0.25) is 0 Å². The number of fused-ring (bicyclic) bond motifs is 1. The van der Waals surface area contributed by atoms with Crippen LogP contribution in [0.25, 0.3) is 0 Å². The highest BCUT2D eigenvalue weighted by atomic mass is 35.5. The first kappa shape index (κ1) is 15.4. The monoisotopic (exact) mass is 335 g/mol. The summed E-state index contributed by atoms with van der Waals surface area (Å²) in [5.74, 6) is -1.12. The van der Waals surface area contributed by atoms with Gasteiger partial charge in [-0.2, -0.15) is 0 Å². The molecular weight excluding hydrogens is 322 g/mol. The van der Waals surface area contributed by atoms with E-state index in [0.717, 1.165) is 14.8 Å². The second-order valence-electron chi connectivity index (χ2n) is 5.12. The molecule has 23 heavy (non-hydrogen) atoms. The van der Waals surface area contributed by atoms with Gasteiger partial charge in [-0.15, -0.1) is 11.6 Å². The van der Waals surface area contributed by atoms with Gasteiger partial charge < -0.3 is 5.11 Å². The average molecular weight is 336 g/mol. The average Bonchev–Trinajstić information content (AvgIpc) is 2.81. The van der Waals surface area contributed by atoms with E-state index in [1.165, 1.54) is 10.8 Å². The fourth-order valence-corrected chi connectivity index (χ4v) is 2.93. The molecule has 0 bridgehead atoms. The van der Waals surface area contributed by atoms with Gasteiger partial charge in [0.05, 0.1) is 6.04 Å². The van der Waals surface area contributed by atoms with Crippen molar-refractivity contribution >= 4 is 17.6 Å². The number of nitrogens with zero attached hydrogens (tertiary/aromatic N) is 3. The quantitative estimate of drug-likeness (QED) is 0.662. The number of halogens is 1. The molecule has 0 amide bonds. The smallest absolute Gasteiger partial charge is 0.348 e. The van der Waals surface area contributed by atoms with Crippen LogP contribution in [0.3, 0.4) is 0 Å². The summed E-state index contributed by atoms with van der Waals surface area (Å²) in [6.07, 6.45) is 3.05. The van der Waals surface area contributed by atoms with Crippen molar-refractivity contribution in [2.45, 2.75) is 18.6 Å². The maximum Gasteiger partial charge on any atom is 0.348 e. The molecule has 0 aliphatic carbocycles. The van der Waals surface area contributed by atoms with Crippen LogP contribution in [0.5, 0.6) is 0 Å². The molecule has 2 heterocycles. The summed E-state index contributed by atoms with van der Waals surface area (Å²) >= 11 is 5.65. The van der Waals surface area contributed by atoms with E-state index >= 15 is 0 Å². The number of carboxylic acid groups (broad SMARTS) is 1. The van der Waals surface area contributed by atoms with Crippen LogP contribution in [0.2, 0.25) is 0 Å². The molecule has 0 fully saturated rings. The summed E-state index contributed by atoms with van der Waals surface area (Å²) in [5, 5.41) is 9.33. The molecule has 1 aliphatic rings. The van der Waals surface area contributed by atoms with Crippen LogP contribution in [0.15, 0.2) is 52.1 Å². The Morgan fingerprint density at radius 3 is 2.35 bits per heavy atom. The summed E-state index contributed by atoms with van der Waals surface area (Å²) in [6, 6.07) is 7.35. The third-order valence-corrected chi connectivity index (χ3v) is 3.96. The van der Waals surface area contributed by atoms with Crippen LogP contribution in [0, 0.1) is 0 Å². The zero-order valence-corrected chi connectivity index (χ0v) is 12.8.